The average Bonchev–Trinajstić information content (AvgIpc) is 2.12. The van der Waals surface area contributed by atoms with Gasteiger partial charge in [0.15, 0.2) is 11.4 Å². The van der Waals surface area contributed by atoms with Crippen molar-refractivity contribution in [1.29, 1.82) is 0 Å². The molecule has 0 bridgehead atoms. The maximum atomic E-state index is 11.8. The van der Waals surface area contributed by atoms with Crippen LogP contribution in [0.4, 0.5) is 0 Å². The highest BCUT2D eigenvalue weighted by atomic mass is 16.4. The predicted molar refractivity (Wildman–Crippen MR) is 60.4 cm³/mol. The topological polar surface area (TPSA) is 91.7 Å². The van der Waals surface area contributed by atoms with Crippen LogP contribution in [0.1, 0.15) is 21.1 Å². The standard InChI is InChI=1S/C11H19NO5/c1-8(13)5-9(14)11(17,6-10(15)16)7-12(2,3)4/h17H,5-7H2,1-4H3/p+1/t11-/m1/s1/i1D. The number of quaternary nitrogens is 1. The lowest BCUT2D eigenvalue weighted by atomic mass is 9.90. The van der Waals surface area contributed by atoms with Crippen LogP contribution in [-0.2, 0) is 14.4 Å². The van der Waals surface area contributed by atoms with Crippen LogP contribution in [0.2, 0.25) is 0 Å². The molecule has 0 radical (unpaired) electrons. The van der Waals surface area contributed by atoms with Gasteiger partial charge in [-0.25, -0.2) is 0 Å². The summed E-state index contributed by atoms with van der Waals surface area (Å²) in [5.41, 5.74) is -2.07. The van der Waals surface area contributed by atoms with Crippen molar-refractivity contribution >= 4 is 17.5 Å². The smallest absolute Gasteiger partial charge is 0.306 e. The van der Waals surface area contributed by atoms with Gasteiger partial charge < -0.3 is 14.7 Å². The van der Waals surface area contributed by atoms with E-state index in [2.05, 4.69) is 0 Å². The quantitative estimate of drug-likeness (QED) is 0.465. The lowest BCUT2D eigenvalue weighted by Gasteiger charge is -2.33. The summed E-state index contributed by atoms with van der Waals surface area (Å²) in [6.07, 6.45) is -1.35. The minimum absolute atomic E-state index is 0.108. The third kappa shape index (κ3) is 6.13. The number of carboxylic acid groups (broad SMARTS) is 1. The van der Waals surface area contributed by atoms with Gasteiger partial charge in [0.2, 0.25) is 0 Å². The maximum absolute atomic E-state index is 11.8. The number of rotatable bonds is 7. The lowest BCUT2D eigenvalue weighted by Crippen LogP contribution is -2.55. The molecule has 2 N–H and O–H groups in total. The van der Waals surface area contributed by atoms with E-state index in [1.165, 1.54) is 0 Å². The molecule has 1 atom stereocenters. The molecule has 0 aliphatic heterocycles. The van der Waals surface area contributed by atoms with E-state index < -0.39 is 42.9 Å². The molecule has 17 heavy (non-hydrogen) atoms. The summed E-state index contributed by atoms with van der Waals surface area (Å²) in [5.74, 6) is -2.78. The van der Waals surface area contributed by atoms with Crippen molar-refractivity contribution in [3.63, 3.8) is 0 Å². The minimum Gasteiger partial charge on any atom is -0.481 e. The van der Waals surface area contributed by atoms with Crippen LogP contribution in [0, 0.1) is 0 Å². The summed E-state index contributed by atoms with van der Waals surface area (Å²) in [6, 6.07) is 0. The third-order valence-electron chi connectivity index (χ3n) is 2.06. The second kappa shape index (κ2) is 5.37. The van der Waals surface area contributed by atoms with E-state index in [0.29, 0.717) is 0 Å². The molecule has 98 valence electrons. The zero-order valence-electron chi connectivity index (χ0n) is 11.4. The van der Waals surface area contributed by atoms with E-state index in [1.807, 2.05) is 0 Å². The van der Waals surface area contributed by atoms with Gasteiger partial charge in [-0.2, -0.15) is 0 Å². The molecule has 0 aliphatic rings. The Morgan fingerprint density at radius 3 is 2.18 bits per heavy atom. The van der Waals surface area contributed by atoms with Crippen molar-refractivity contribution in [3.05, 3.63) is 0 Å². The fraction of sp³-hybridized carbons (Fsp3) is 0.727. The molecule has 0 rings (SSSR count). The van der Waals surface area contributed by atoms with Gasteiger partial charge in [0, 0.05) is 1.37 Å². The fourth-order valence-corrected chi connectivity index (χ4v) is 1.62. The number of aliphatic hydroxyl groups is 1. The zero-order valence-corrected chi connectivity index (χ0v) is 10.4. The van der Waals surface area contributed by atoms with Crippen LogP contribution in [-0.4, -0.2) is 65.5 Å². The molecule has 0 aromatic heterocycles. The highest BCUT2D eigenvalue weighted by molar-refractivity contribution is 6.03. The van der Waals surface area contributed by atoms with E-state index >= 15 is 0 Å². The van der Waals surface area contributed by atoms with Gasteiger partial charge in [-0.05, 0) is 6.90 Å². The van der Waals surface area contributed by atoms with Crippen molar-refractivity contribution in [2.75, 3.05) is 27.7 Å². The van der Waals surface area contributed by atoms with Gasteiger partial charge >= 0.3 is 5.97 Å². The van der Waals surface area contributed by atoms with Crippen LogP contribution in [0.15, 0.2) is 0 Å². The number of likely N-dealkylation sites (N-methyl/N-ethyl adjacent to an activating group) is 1. The summed E-state index contributed by atoms with van der Waals surface area (Å²) in [7, 11) is 5.10. The number of ketones is 2. The molecule has 0 unspecified atom stereocenters. The third-order valence-corrected chi connectivity index (χ3v) is 2.06. The Morgan fingerprint density at radius 2 is 1.82 bits per heavy atom. The Bertz CT molecular complexity index is 350. The number of hydrogen-bond donors (Lipinski definition) is 2. The largest absolute Gasteiger partial charge is 0.481 e. The molecule has 0 spiro atoms. The fourth-order valence-electron chi connectivity index (χ4n) is 1.62. The molecule has 0 aromatic rings. The van der Waals surface area contributed by atoms with E-state index in [0.717, 1.165) is 0 Å². The molecular formula is C11H20NO5+. The number of carbonyl (C=O) groups excluding carboxylic acids is 2. The molecule has 0 amide bonds. The number of Topliss-reactive ketones (excluding diaryl/α,β-unsaturated/α-hetero) is 2. The Morgan fingerprint density at radius 1 is 1.29 bits per heavy atom. The van der Waals surface area contributed by atoms with Gasteiger partial charge in [0.1, 0.15) is 12.3 Å². The van der Waals surface area contributed by atoms with Crippen molar-refractivity contribution in [2.45, 2.75) is 25.3 Å². The number of carboxylic acids is 1. The molecule has 0 heterocycles. The molecular weight excluding hydrogens is 226 g/mol. The van der Waals surface area contributed by atoms with Gasteiger partial charge in [0.05, 0.1) is 34.0 Å². The Hall–Kier alpha value is -1.27. The Kier molecular flexibility index (Phi) is 4.36. The first-order valence-electron chi connectivity index (χ1n) is 5.80. The van der Waals surface area contributed by atoms with E-state index in [-0.39, 0.29) is 11.0 Å². The van der Waals surface area contributed by atoms with Crippen LogP contribution in [0.25, 0.3) is 0 Å². The zero-order chi connectivity index (χ0) is 14.6. The SMILES string of the molecule is [2H]CC(=O)CC(=O)[C@@](O)(CC(=O)O)C[N+](C)(C)C. The maximum Gasteiger partial charge on any atom is 0.306 e. The normalized spacial score (nSPS) is 15.9. The van der Waals surface area contributed by atoms with Crippen molar-refractivity contribution < 1.29 is 30.5 Å². The van der Waals surface area contributed by atoms with E-state index in [1.54, 1.807) is 21.1 Å². The highest BCUT2D eigenvalue weighted by Crippen LogP contribution is 2.18. The summed E-state index contributed by atoms with van der Waals surface area (Å²) in [4.78, 5) is 33.6. The molecule has 0 fully saturated rings. The first-order chi connectivity index (χ1) is 8.00. The molecule has 6 nitrogen and oxygen atoms in total. The monoisotopic (exact) mass is 247 g/mol. The van der Waals surface area contributed by atoms with Crippen LogP contribution < -0.4 is 0 Å². The number of nitrogens with zero attached hydrogens (tertiary/aromatic N) is 1. The summed E-state index contributed by atoms with van der Waals surface area (Å²) < 4.78 is 7.01. The van der Waals surface area contributed by atoms with Gasteiger partial charge in [-0.1, -0.05) is 0 Å². The van der Waals surface area contributed by atoms with Crippen molar-refractivity contribution in [1.82, 2.24) is 0 Å². The van der Waals surface area contributed by atoms with Crippen molar-refractivity contribution in [2.24, 2.45) is 0 Å². The second-order valence-electron chi connectivity index (χ2n) is 5.19. The highest BCUT2D eigenvalue weighted by Gasteiger charge is 2.43. The lowest BCUT2D eigenvalue weighted by molar-refractivity contribution is -0.875. The molecule has 6 heteroatoms. The average molecular weight is 247 g/mol. The van der Waals surface area contributed by atoms with Crippen molar-refractivity contribution in [3.8, 4) is 0 Å². The van der Waals surface area contributed by atoms with Gasteiger partial charge in [-0.15, -0.1) is 0 Å². The van der Waals surface area contributed by atoms with E-state index in [4.69, 9.17) is 6.48 Å². The molecule has 0 saturated heterocycles. The molecule has 0 aromatic carbocycles. The second-order valence-corrected chi connectivity index (χ2v) is 5.19. The minimum atomic E-state index is -2.07. The summed E-state index contributed by atoms with van der Waals surface area (Å²) in [6.45, 7) is -0.664. The van der Waals surface area contributed by atoms with Gasteiger partial charge in [-0.3, -0.25) is 14.4 Å². The van der Waals surface area contributed by atoms with Gasteiger partial charge in [0.25, 0.3) is 0 Å². The summed E-state index contributed by atoms with van der Waals surface area (Å²) >= 11 is 0. The molecule has 0 aliphatic carbocycles. The van der Waals surface area contributed by atoms with Crippen LogP contribution in [0.5, 0.6) is 0 Å². The number of aliphatic carboxylic acids is 1. The Labute approximate surface area is 102 Å². The first kappa shape index (κ1) is 13.8. The van der Waals surface area contributed by atoms with Crippen LogP contribution >= 0.6 is 0 Å². The Balaban J connectivity index is 5.02. The molecule has 0 saturated carbocycles. The predicted octanol–water partition coefficient (Wildman–Crippen LogP) is -0.553. The number of hydrogen-bond acceptors (Lipinski definition) is 4. The first-order valence-corrected chi connectivity index (χ1v) is 5.09. The van der Waals surface area contributed by atoms with Crippen LogP contribution in [0.3, 0.4) is 0 Å². The van der Waals surface area contributed by atoms with E-state index in [9.17, 15) is 19.5 Å². The summed E-state index contributed by atoms with van der Waals surface area (Å²) in [5, 5.41) is 18.9. The number of carbonyl (C=O) groups is 3.